The Morgan fingerprint density at radius 1 is 0.912 bits per heavy atom. The summed E-state index contributed by atoms with van der Waals surface area (Å²) < 4.78 is 0. The highest BCUT2D eigenvalue weighted by Crippen LogP contribution is 2.34. The number of aliphatic carboxylic acids is 1. The molecule has 0 aliphatic carbocycles. The van der Waals surface area contributed by atoms with Crippen LogP contribution in [0.4, 0.5) is 11.5 Å². The first kappa shape index (κ1) is 23.1. The Kier molecular flexibility index (Phi) is 6.70. The van der Waals surface area contributed by atoms with E-state index >= 15 is 0 Å². The highest BCUT2D eigenvalue weighted by atomic mass is 32.1. The van der Waals surface area contributed by atoms with Crippen LogP contribution >= 0.6 is 11.3 Å². The zero-order valence-corrected chi connectivity index (χ0v) is 19.5. The summed E-state index contributed by atoms with van der Waals surface area (Å²) in [6.45, 7) is 4.01. The molecule has 0 bridgehead atoms. The van der Waals surface area contributed by atoms with E-state index in [1.807, 2.05) is 31.2 Å². The SMILES string of the molecule is CCc1c(C)nc(-c2ccc(-c3ccc(C(=O)O)cc3)s2)nc1Nc1ccc(CC(=O)O)cc1. The van der Waals surface area contributed by atoms with Gasteiger partial charge in [-0.3, -0.25) is 4.79 Å². The Hall–Kier alpha value is -4.04. The van der Waals surface area contributed by atoms with E-state index in [0.29, 0.717) is 5.82 Å². The number of anilines is 2. The molecule has 0 atom stereocenters. The summed E-state index contributed by atoms with van der Waals surface area (Å²) in [4.78, 5) is 33.4. The fourth-order valence-corrected chi connectivity index (χ4v) is 4.59. The van der Waals surface area contributed by atoms with Crippen LogP contribution in [-0.4, -0.2) is 32.1 Å². The maximum atomic E-state index is 11.1. The summed E-state index contributed by atoms with van der Waals surface area (Å²) in [5.74, 6) is -0.483. The van der Waals surface area contributed by atoms with Gasteiger partial charge in [-0.25, -0.2) is 14.8 Å². The third-order valence-electron chi connectivity index (χ3n) is 5.38. The Labute approximate surface area is 200 Å². The lowest BCUT2D eigenvalue weighted by atomic mass is 10.1. The maximum absolute atomic E-state index is 11.1. The number of carboxylic acids is 2. The van der Waals surface area contributed by atoms with Gasteiger partial charge in [-0.2, -0.15) is 0 Å². The van der Waals surface area contributed by atoms with Crippen LogP contribution in [0.2, 0.25) is 0 Å². The van der Waals surface area contributed by atoms with Crippen LogP contribution in [0.3, 0.4) is 0 Å². The molecule has 0 saturated carbocycles. The Balaban J connectivity index is 1.62. The van der Waals surface area contributed by atoms with Crippen molar-refractivity contribution in [2.24, 2.45) is 0 Å². The number of aromatic carboxylic acids is 1. The first-order chi connectivity index (χ1) is 16.3. The van der Waals surface area contributed by atoms with Gasteiger partial charge in [0.2, 0.25) is 0 Å². The number of benzene rings is 2. The molecule has 4 aromatic rings. The third-order valence-corrected chi connectivity index (χ3v) is 6.51. The number of rotatable bonds is 8. The second kappa shape index (κ2) is 9.84. The van der Waals surface area contributed by atoms with Gasteiger partial charge in [0, 0.05) is 21.8 Å². The molecule has 2 aromatic heterocycles. The molecule has 0 amide bonds. The van der Waals surface area contributed by atoms with Gasteiger partial charge in [-0.1, -0.05) is 31.2 Å². The molecule has 8 heteroatoms. The van der Waals surface area contributed by atoms with E-state index in [1.165, 1.54) is 0 Å². The van der Waals surface area contributed by atoms with Crippen LogP contribution in [0, 0.1) is 6.92 Å². The van der Waals surface area contributed by atoms with Crippen molar-refractivity contribution in [2.45, 2.75) is 26.7 Å². The predicted molar refractivity (Wildman–Crippen MR) is 133 cm³/mol. The lowest BCUT2D eigenvalue weighted by molar-refractivity contribution is -0.136. The zero-order valence-electron chi connectivity index (χ0n) is 18.7. The van der Waals surface area contributed by atoms with Crippen LogP contribution in [-0.2, 0) is 17.6 Å². The van der Waals surface area contributed by atoms with Gasteiger partial charge < -0.3 is 15.5 Å². The highest BCUT2D eigenvalue weighted by Gasteiger charge is 2.15. The standard InChI is InChI=1S/C26H23N3O4S/c1-3-20-15(2)27-25(29-24(20)28-19-10-4-16(5-11-19)14-23(30)31)22-13-12-21(34-22)17-6-8-18(9-7-17)26(32)33/h4-13H,3,14H2,1-2H3,(H,30,31)(H,32,33)(H,27,28,29). The lowest BCUT2D eigenvalue weighted by Crippen LogP contribution is -2.05. The van der Waals surface area contributed by atoms with Crippen molar-refractivity contribution in [3.8, 4) is 21.1 Å². The molecule has 2 aromatic carbocycles. The fourth-order valence-electron chi connectivity index (χ4n) is 3.64. The molecular formula is C26H23N3O4S. The van der Waals surface area contributed by atoms with Crippen LogP contribution in [0.25, 0.3) is 21.1 Å². The smallest absolute Gasteiger partial charge is 0.335 e. The van der Waals surface area contributed by atoms with Gasteiger partial charge in [0.15, 0.2) is 5.82 Å². The molecular weight excluding hydrogens is 450 g/mol. The van der Waals surface area contributed by atoms with Gasteiger partial charge in [0.25, 0.3) is 0 Å². The Morgan fingerprint density at radius 3 is 2.21 bits per heavy atom. The first-order valence-corrected chi connectivity index (χ1v) is 11.5. The van der Waals surface area contributed by atoms with Gasteiger partial charge in [-0.05, 0) is 60.9 Å². The van der Waals surface area contributed by atoms with Gasteiger partial charge in [-0.15, -0.1) is 11.3 Å². The first-order valence-electron chi connectivity index (χ1n) is 10.7. The molecule has 0 radical (unpaired) electrons. The van der Waals surface area contributed by atoms with Crippen LogP contribution < -0.4 is 5.32 Å². The number of thiophene rings is 1. The van der Waals surface area contributed by atoms with Crippen molar-refractivity contribution in [2.75, 3.05) is 5.32 Å². The summed E-state index contributed by atoms with van der Waals surface area (Å²) in [5, 5.41) is 21.4. The number of hydrogen-bond donors (Lipinski definition) is 3. The van der Waals surface area contributed by atoms with Crippen molar-refractivity contribution >= 4 is 34.8 Å². The molecule has 0 unspecified atom stereocenters. The Morgan fingerprint density at radius 2 is 1.59 bits per heavy atom. The van der Waals surface area contributed by atoms with E-state index in [4.69, 9.17) is 20.2 Å². The molecule has 4 rings (SSSR count). The van der Waals surface area contributed by atoms with E-state index in [0.717, 1.165) is 50.1 Å². The van der Waals surface area contributed by atoms with Gasteiger partial charge in [0.05, 0.1) is 16.9 Å². The average Bonchev–Trinajstić information content (AvgIpc) is 3.30. The van der Waals surface area contributed by atoms with E-state index in [2.05, 4.69) is 12.2 Å². The third kappa shape index (κ3) is 5.13. The zero-order chi connectivity index (χ0) is 24.2. The highest BCUT2D eigenvalue weighted by molar-refractivity contribution is 7.18. The van der Waals surface area contributed by atoms with E-state index in [9.17, 15) is 9.59 Å². The molecule has 7 nitrogen and oxygen atoms in total. The summed E-state index contributed by atoms with van der Waals surface area (Å²) in [5.41, 5.74) is 4.64. The van der Waals surface area contributed by atoms with Gasteiger partial charge >= 0.3 is 11.9 Å². The van der Waals surface area contributed by atoms with E-state index in [1.54, 1.807) is 47.7 Å². The van der Waals surface area contributed by atoms with Crippen LogP contribution in [0.5, 0.6) is 0 Å². The van der Waals surface area contributed by atoms with Crippen molar-refractivity contribution in [1.29, 1.82) is 0 Å². The van der Waals surface area contributed by atoms with Crippen LogP contribution in [0.1, 0.15) is 34.1 Å². The second-order valence-corrected chi connectivity index (χ2v) is 8.84. The van der Waals surface area contributed by atoms with Crippen molar-refractivity contribution in [3.63, 3.8) is 0 Å². The topological polar surface area (TPSA) is 112 Å². The molecule has 0 aliphatic heterocycles. The normalized spacial score (nSPS) is 10.8. The molecule has 34 heavy (non-hydrogen) atoms. The van der Waals surface area contributed by atoms with Crippen molar-refractivity contribution in [1.82, 2.24) is 9.97 Å². The van der Waals surface area contributed by atoms with E-state index < -0.39 is 11.9 Å². The minimum Gasteiger partial charge on any atom is -0.481 e. The monoisotopic (exact) mass is 473 g/mol. The van der Waals surface area contributed by atoms with Crippen molar-refractivity contribution < 1.29 is 19.8 Å². The number of hydrogen-bond acceptors (Lipinski definition) is 6. The minimum atomic E-state index is -0.949. The summed E-state index contributed by atoms with van der Waals surface area (Å²) in [6, 6.07) is 18.0. The molecule has 2 heterocycles. The minimum absolute atomic E-state index is 0.0169. The van der Waals surface area contributed by atoms with Crippen LogP contribution in [0.15, 0.2) is 60.7 Å². The summed E-state index contributed by atoms with van der Waals surface area (Å²) >= 11 is 1.54. The maximum Gasteiger partial charge on any atom is 0.335 e. The molecule has 0 saturated heterocycles. The number of aryl methyl sites for hydroxylation is 1. The number of nitrogens with one attached hydrogen (secondary N) is 1. The fraction of sp³-hybridized carbons (Fsp3) is 0.154. The second-order valence-electron chi connectivity index (χ2n) is 7.75. The average molecular weight is 474 g/mol. The molecule has 0 fully saturated rings. The van der Waals surface area contributed by atoms with Gasteiger partial charge in [0.1, 0.15) is 5.82 Å². The quantitative estimate of drug-likeness (QED) is 0.296. The summed E-state index contributed by atoms with van der Waals surface area (Å²) in [6.07, 6.45) is 0.744. The Bertz CT molecular complexity index is 1350. The van der Waals surface area contributed by atoms with E-state index in [-0.39, 0.29) is 12.0 Å². The molecule has 3 N–H and O–H groups in total. The molecule has 172 valence electrons. The number of carboxylic acid groups (broad SMARTS) is 2. The summed E-state index contributed by atoms with van der Waals surface area (Å²) in [7, 11) is 0. The number of nitrogens with zero attached hydrogens (tertiary/aromatic N) is 2. The number of carbonyl (C=O) groups is 2. The largest absolute Gasteiger partial charge is 0.481 e. The molecule has 0 spiro atoms. The molecule has 0 aliphatic rings. The van der Waals surface area contributed by atoms with Crippen molar-refractivity contribution in [3.05, 3.63) is 83.0 Å². The lowest BCUT2D eigenvalue weighted by Gasteiger charge is -2.14. The predicted octanol–water partition coefficient (Wildman–Crippen LogP) is 5.81. The number of aromatic nitrogens is 2.